The van der Waals surface area contributed by atoms with Gasteiger partial charge in [0.1, 0.15) is 12.1 Å². The van der Waals surface area contributed by atoms with Crippen molar-refractivity contribution in [1.29, 1.82) is 0 Å². The largest absolute Gasteiger partial charge is 0.402 e. The number of aromatic nitrogens is 1. The minimum absolute atomic E-state index is 0.131. The molecule has 1 saturated carbocycles. The van der Waals surface area contributed by atoms with Crippen molar-refractivity contribution in [2.45, 2.75) is 42.4 Å². The molecule has 2 fully saturated rings. The molecule has 0 atom stereocenters. The summed E-state index contributed by atoms with van der Waals surface area (Å²) in [5, 5.41) is 13.8. The number of hydrogen-bond donors (Lipinski definition) is 3. The van der Waals surface area contributed by atoms with Gasteiger partial charge in [0.2, 0.25) is 0 Å². The van der Waals surface area contributed by atoms with Gasteiger partial charge in [0.25, 0.3) is 5.91 Å². The van der Waals surface area contributed by atoms with Gasteiger partial charge in [-0.15, -0.1) is 11.3 Å². The number of thiazole rings is 1. The zero-order chi connectivity index (χ0) is 25.4. The molecule has 0 spiro atoms. The van der Waals surface area contributed by atoms with E-state index in [2.05, 4.69) is 15.0 Å². The molecule has 2 aliphatic rings. The molecule has 6 nitrogen and oxygen atoms in total. The number of nitrogens with one attached hydrogen (secondary N) is 2. The predicted molar refractivity (Wildman–Crippen MR) is 133 cm³/mol. The minimum Gasteiger partial charge on any atom is -0.385 e. The number of rotatable bonds is 9. The number of aliphatic hydroxyl groups is 1. The molecule has 1 aromatic heterocycles. The summed E-state index contributed by atoms with van der Waals surface area (Å²) in [6.45, 7) is -0.0661. The van der Waals surface area contributed by atoms with Crippen LogP contribution in [0.1, 0.15) is 34.8 Å². The van der Waals surface area contributed by atoms with Crippen LogP contribution in [-0.2, 0) is 6.42 Å². The monoisotopic (exact) mass is 568 g/mol. The first kappa shape index (κ1) is 27.0. The van der Waals surface area contributed by atoms with Crippen LogP contribution in [0.3, 0.4) is 0 Å². The molecule has 2 aromatic rings. The lowest BCUT2D eigenvalue weighted by molar-refractivity contribution is -0.121. The third kappa shape index (κ3) is 6.63. The Morgan fingerprint density at radius 2 is 2.03 bits per heavy atom. The maximum absolute atomic E-state index is 12.8. The highest BCUT2D eigenvalue weighted by Crippen LogP contribution is 2.44. The summed E-state index contributed by atoms with van der Waals surface area (Å²) in [5.74, 6) is 0.110. The maximum Gasteiger partial charge on any atom is 0.402 e. The van der Waals surface area contributed by atoms with Crippen LogP contribution < -0.4 is 10.0 Å². The molecular weight excluding hydrogens is 544 g/mol. The number of halogens is 5. The molecular formula is C22H25Cl2F3N4O2S2. The van der Waals surface area contributed by atoms with Gasteiger partial charge < -0.3 is 15.3 Å². The van der Waals surface area contributed by atoms with E-state index in [0.717, 1.165) is 41.8 Å². The van der Waals surface area contributed by atoms with Crippen LogP contribution in [0.4, 0.5) is 13.2 Å². The first-order valence-corrected chi connectivity index (χ1v) is 13.5. The normalized spacial score (nSPS) is 18.3. The van der Waals surface area contributed by atoms with Crippen molar-refractivity contribution in [3.8, 4) is 10.4 Å². The van der Waals surface area contributed by atoms with E-state index in [4.69, 9.17) is 23.2 Å². The summed E-state index contributed by atoms with van der Waals surface area (Å²) in [6.07, 6.45) is -0.301. The van der Waals surface area contributed by atoms with Crippen LogP contribution >= 0.6 is 46.5 Å². The van der Waals surface area contributed by atoms with E-state index in [1.807, 2.05) is 11.9 Å². The Morgan fingerprint density at radius 3 is 2.63 bits per heavy atom. The van der Waals surface area contributed by atoms with Crippen molar-refractivity contribution >= 4 is 52.4 Å². The zero-order valence-electron chi connectivity index (χ0n) is 18.8. The fourth-order valence-electron chi connectivity index (χ4n) is 4.14. The molecule has 0 bridgehead atoms. The summed E-state index contributed by atoms with van der Waals surface area (Å²) in [7, 11) is 1.89. The second-order valence-corrected chi connectivity index (χ2v) is 11.8. The summed E-state index contributed by atoms with van der Waals surface area (Å²) >= 11 is 14.9. The summed E-state index contributed by atoms with van der Waals surface area (Å²) < 4.78 is 39.6. The minimum atomic E-state index is -4.34. The van der Waals surface area contributed by atoms with Crippen LogP contribution in [0.2, 0.25) is 10.0 Å². The maximum atomic E-state index is 12.8. The zero-order valence-corrected chi connectivity index (χ0v) is 22.0. The molecule has 2 heterocycles. The number of β-amino-alcohol motifs (C(OH)–C–C–N with tert-alkyl or cyclic N) is 1. The van der Waals surface area contributed by atoms with Gasteiger partial charge in [-0.05, 0) is 37.4 Å². The fraction of sp³-hybridized carbons (Fsp3) is 0.545. The van der Waals surface area contributed by atoms with Gasteiger partial charge in [0, 0.05) is 30.1 Å². The molecule has 1 aliphatic heterocycles. The van der Waals surface area contributed by atoms with E-state index in [1.54, 1.807) is 12.1 Å². The Morgan fingerprint density at radius 1 is 1.31 bits per heavy atom. The SMILES string of the molecule is CN1CC(O)(CNC(=O)c2nc(CC3CCC3)c(-c3ccc(SNCC(F)(F)F)c(Cl)c3Cl)s2)C1. The van der Waals surface area contributed by atoms with E-state index in [1.165, 1.54) is 11.3 Å². The van der Waals surface area contributed by atoms with Gasteiger partial charge in [-0.3, -0.25) is 9.52 Å². The summed E-state index contributed by atoms with van der Waals surface area (Å²) in [5.41, 5.74) is 0.395. The number of alkyl halides is 3. The Bertz CT molecular complexity index is 1090. The van der Waals surface area contributed by atoms with Crippen molar-refractivity contribution in [3.63, 3.8) is 0 Å². The molecule has 1 amide bonds. The molecule has 0 unspecified atom stereocenters. The number of carbonyl (C=O) groups excluding carboxylic acids is 1. The molecule has 1 aliphatic carbocycles. The van der Waals surface area contributed by atoms with Gasteiger partial charge in [-0.1, -0.05) is 48.5 Å². The number of benzene rings is 1. The number of carbonyl (C=O) groups is 1. The van der Waals surface area contributed by atoms with Crippen molar-refractivity contribution in [1.82, 2.24) is 19.9 Å². The third-order valence-corrected chi connectivity index (χ3v) is 9.02. The van der Waals surface area contributed by atoms with Gasteiger partial charge >= 0.3 is 6.18 Å². The topological polar surface area (TPSA) is 77.5 Å². The molecule has 13 heteroatoms. The van der Waals surface area contributed by atoms with Crippen LogP contribution in [0.25, 0.3) is 10.4 Å². The molecule has 192 valence electrons. The van der Waals surface area contributed by atoms with Crippen LogP contribution in [0.15, 0.2) is 17.0 Å². The standard InChI is InChI=1S/C22H25Cl2F3N4O2S2/c1-31-10-21(33,11-31)8-28-19(32)20-30-14(7-12-3-2-4-12)18(34-20)13-5-6-15(17(24)16(13)23)35-29-9-22(25,26)27/h5-6,12,29,33H,2-4,7-11H2,1H3,(H,28,32). The van der Waals surface area contributed by atoms with E-state index in [9.17, 15) is 23.1 Å². The van der Waals surface area contributed by atoms with E-state index < -0.39 is 18.3 Å². The number of likely N-dealkylation sites (N-methyl/N-ethyl adjacent to an activating group) is 1. The molecule has 4 rings (SSSR count). The Hall–Kier alpha value is -1.08. The van der Waals surface area contributed by atoms with Crippen molar-refractivity contribution in [3.05, 3.63) is 32.9 Å². The summed E-state index contributed by atoms with van der Waals surface area (Å²) in [6, 6.07) is 3.30. The van der Waals surface area contributed by atoms with Crippen LogP contribution in [0.5, 0.6) is 0 Å². The molecule has 3 N–H and O–H groups in total. The Kier molecular flexibility index (Phi) is 8.26. The fourth-order valence-corrected chi connectivity index (χ4v) is 6.55. The number of amides is 1. The highest BCUT2D eigenvalue weighted by atomic mass is 35.5. The van der Waals surface area contributed by atoms with Crippen molar-refractivity contribution < 1.29 is 23.1 Å². The smallest absolute Gasteiger partial charge is 0.385 e. The lowest BCUT2D eigenvalue weighted by Gasteiger charge is -2.44. The summed E-state index contributed by atoms with van der Waals surface area (Å²) in [4.78, 5) is 20.5. The van der Waals surface area contributed by atoms with Gasteiger partial charge in [0.05, 0.1) is 20.6 Å². The van der Waals surface area contributed by atoms with Gasteiger partial charge in [0.15, 0.2) is 5.01 Å². The highest BCUT2D eigenvalue weighted by molar-refractivity contribution is 7.97. The Labute approximate surface area is 219 Å². The predicted octanol–water partition coefficient (Wildman–Crippen LogP) is 5.02. The number of nitrogens with zero attached hydrogens (tertiary/aromatic N) is 2. The molecule has 35 heavy (non-hydrogen) atoms. The first-order chi connectivity index (χ1) is 16.4. The van der Waals surface area contributed by atoms with E-state index >= 15 is 0 Å². The van der Waals surface area contributed by atoms with Gasteiger partial charge in [-0.25, -0.2) is 4.98 Å². The lowest BCUT2D eigenvalue weighted by atomic mass is 9.82. The van der Waals surface area contributed by atoms with Gasteiger partial charge in [-0.2, -0.15) is 13.2 Å². The second-order valence-electron chi connectivity index (χ2n) is 9.15. The van der Waals surface area contributed by atoms with E-state index in [-0.39, 0.29) is 27.5 Å². The second kappa shape index (κ2) is 10.7. The lowest BCUT2D eigenvalue weighted by Crippen LogP contribution is -2.64. The average molecular weight is 570 g/mol. The Balaban J connectivity index is 1.54. The average Bonchev–Trinajstić information content (AvgIpc) is 3.14. The van der Waals surface area contributed by atoms with E-state index in [0.29, 0.717) is 35.9 Å². The molecule has 0 radical (unpaired) electrons. The highest BCUT2D eigenvalue weighted by Gasteiger charge is 2.39. The molecule has 1 aromatic carbocycles. The van der Waals surface area contributed by atoms with Crippen molar-refractivity contribution in [2.75, 3.05) is 33.2 Å². The molecule has 1 saturated heterocycles. The number of hydrogen-bond acceptors (Lipinski definition) is 7. The first-order valence-electron chi connectivity index (χ1n) is 11.1. The third-order valence-electron chi connectivity index (χ3n) is 6.05. The van der Waals surface area contributed by atoms with Crippen molar-refractivity contribution in [2.24, 2.45) is 5.92 Å². The number of likely N-dealkylation sites (tertiary alicyclic amines) is 1. The van der Waals surface area contributed by atoms with Crippen LogP contribution in [-0.4, -0.2) is 65.9 Å². The van der Waals surface area contributed by atoms with Crippen LogP contribution in [0, 0.1) is 5.92 Å². The quantitative estimate of drug-likeness (QED) is 0.368.